The lowest BCUT2D eigenvalue weighted by atomic mass is 10.1. The fraction of sp³-hybridized carbons (Fsp3) is 0.109. The van der Waals surface area contributed by atoms with Crippen molar-refractivity contribution in [2.45, 2.75) is 26.4 Å². The molecule has 0 aliphatic carbocycles. The Morgan fingerprint density at radius 3 is 1.32 bits per heavy atom. The third kappa shape index (κ3) is 11.4. The largest absolute Gasteiger partial charge is 0.473 e. The molecular weight excluding hydrogens is 935 g/mol. The number of hydrogen-bond donors (Lipinski definition) is 2. The number of nitrogens with one attached hydrogen (secondary N) is 1. The number of pyridine rings is 2. The molecule has 69 heavy (non-hydrogen) atoms. The summed E-state index contributed by atoms with van der Waals surface area (Å²) in [6.07, 6.45) is -1.12. The van der Waals surface area contributed by atoms with Gasteiger partial charge in [-0.05, 0) is 70.8 Å². The topological polar surface area (TPSA) is 148 Å². The van der Waals surface area contributed by atoms with Gasteiger partial charge < -0.3 is 24.1 Å². The Morgan fingerprint density at radius 2 is 0.899 bits per heavy atom. The molecule has 0 aliphatic rings. The number of carboxylic acid groups (broad SMARTS) is 1. The van der Waals surface area contributed by atoms with Gasteiger partial charge in [0.05, 0.1) is 22.2 Å². The fourth-order valence-corrected chi connectivity index (χ4v) is 7.94. The summed E-state index contributed by atoms with van der Waals surface area (Å²) in [5.41, 5.74) is 9.50. The minimum atomic E-state index is -1.12. The SMILES string of the molecule is Cn1nc(-c2ccc(OCc3ccccc3)nc2OCc2ccccc2)c2ccc(Br)cc21.Cn1nc(-c2ccc(OCc3ccccc3)nc2OCc2ccccc2)c2ccc(NC(=O)O)cc21. The standard InChI is InChI=1S/C28H24N4O4.C27H22BrN3O2/c1-32-24-16-21(29-28(33)34)12-13-22(24)26(31-32)23-14-15-25(35-17-19-8-4-2-5-9-19)30-27(23)36-18-20-10-6-3-7-11-20;1-31-24-16-21(28)12-13-22(24)26(30-31)23-14-15-25(32-17-19-8-4-2-5-9-19)29-27(23)33-18-20-10-6-3-7-11-20/h2-16,29H,17-18H2,1H3,(H,33,34);2-16H,17-18H2,1H3. The third-order valence-corrected chi connectivity index (χ3v) is 11.5. The molecule has 0 spiro atoms. The van der Waals surface area contributed by atoms with Crippen molar-refractivity contribution in [2.75, 3.05) is 5.32 Å². The van der Waals surface area contributed by atoms with Crippen molar-refractivity contribution < 1.29 is 28.8 Å². The minimum absolute atomic E-state index is 0.334. The number of aryl methyl sites for hydroxylation is 2. The second-order valence-electron chi connectivity index (χ2n) is 15.9. The predicted molar refractivity (Wildman–Crippen MR) is 270 cm³/mol. The number of nitrogens with zero attached hydrogens (tertiary/aromatic N) is 6. The van der Waals surface area contributed by atoms with Gasteiger partial charge in [-0.1, -0.05) is 137 Å². The van der Waals surface area contributed by atoms with Crippen LogP contribution in [-0.2, 0) is 40.5 Å². The van der Waals surface area contributed by atoms with Crippen LogP contribution >= 0.6 is 15.9 Å². The van der Waals surface area contributed by atoms with E-state index >= 15 is 0 Å². The maximum Gasteiger partial charge on any atom is 0.409 e. The Labute approximate surface area is 406 Å². The van der Waals surface area contributed by atoms with Crippen molar-refractivity contribution in [2.24, 2.45) is 14.1 Å². The Hall–Kier alpha value is -8.49. The first-order valence-electron chi connectivity index (χ1n) is 22.0. The maximum atomic E-state index is 11.1. The summed E-state index contributed by atoms with van der Waals surface area (Å²) in [6.45, 7) is 1.56. The molecule has 1 amide bonds. The van der Waals surface area contributed by atoms with Crippen LogP contribution < -0.4 is 24.3 Å². The highest BCUT2D eigenvalue weighted by atomic mass is 79.9. The highest BCUT2D eigenvalue weighted by Gasteiger charge is 2.20. The molecule has 0 saturated heterocycles. The van der Waals surface area contributed by atoms with Crippen LogP contribution in [-0.4, -0.2) is 40.7 Å². The summed E-state index contributed by atoms with van der Waals surface area (Å²) >= 11 is 3.55. The lowest BCUT2D eigenvalue weighted by molar-refractivity contribution is 0.209. The van der Waals surface area contributed by atoms with Gasteiger partial charge in [-0.3, -0.25) is 14.7 Å². The molecule has 344 valence electrons. The molecule has 0 saturated carbocycles. The third-order valence-electron chi connectivity index (χ3n) is 11.0. The van der Waals surface area contributed by atoms with Gasteiger partial charge in [0.25, 0.3) is 0 Å². The number of carbonyl (C=O) groups is 1. The molecule has 0 bridgehead atoms. The van der Waals surface area contributed by atoms with Crippen LogP contribution in [0.4, 0.5) is 10.5 Å². The average Bonchev–Trinajstić information content (AvgIpc) is 3.89. The van der Waals surface area contributed by atoms with E-state index < -0.39 is 6.09 Å². The van der Waals surface area contributed by atoms with Crippen LogP contribution in [0.25, 0.3) is 44.3 Å². The zero-order valence-electron chi connectivity index (χ0n) is 37.7. The molecule has 0 unspecified atom stereocenters. The number of ether oxygens (including phenoxy) is 4. The second-order valence-corrected chi connectivity index (χ2v) is 16.8. The van der Waals surface area contributed by atoms with Crippen LogP contribution in [0.15, 0.2) is 186 Å². The number of benzene rings is 6. The van der Waals surface area contributed by atoms with Gasteiger partial charge in [-0.15, -0.1) is 0 Å². The van der Waals surface area contributed by atoms with E-state index in [0.717, 1.165) is 59.8 Å². The van der Waals surface area contributed by atoms with Gasteiger partial charge >= 0.3 is 6.09 Å². The zero-order chi connectivity index (χ0) is 47.5. The zero-order valence-corrected chi connectivity index (χ0v) is 39.3. The quantitative estimate of drug-likeness (QED) is 0.102. The average molecular weight is 981 g/mol. The molecule has 0 atom stereocenters. The summed E-state index contributed by atoms with van der Waals surface area (Å²) in [5.74, 6) is 1.84. The molecule has 2 N–H and O–H groups in total. The Bertz CT molecular complexity index is 3330. The summed E-state index contributed by atoms with van der Waals surface area (Å²) < 4.78 is 28.9. The number of amides is 1. The molecule has 10 aromatic rings. The van der Waals surface area contributed by atoms with Gasteiger partial charge in [0.1, 0.15) is 37.8 Å². The van der Waals surface area contributed by atoms with Gasteiger partial charge in [0.2, 0.25) is 23.5 Å². The first kappa shape index (κ1) is 45.7. The summed E-state index contributed by atoms with van der Waals surface area (Å²) in [7, 11) is 3.75. The number of aromatic nitrogens is 6. The normalized spacial score (nSPS) is 10.9. The van der Waals surface area contributed by atoms with E-state index in [0.29, 0.717) is 66.9 Å². The Morgan fingerprint density at radius 1 is 0.507 bits per heavy atom. The van der Waals surface area contributed by atoms with E-state index in [1.807, 2.05) is 170 Å². The predicted octanol–water partition coefficient (Wildman–Crippen LogP) is 12.4. The Balaban J connectivity index is 0.000000172. The number of fused-ring (bicyclic) bond motifs is 2. The van der Waals surface area contributed by atoms with Gasteiger partial charge in [0, 0.05) is 47.2 Å². The van der Waals surface area contributed by atoms with Crippen molar-refractivity contribution in [3.05, 3.63) is 209 Å². The molecule has 0 aliphatic heterocycles. The first-order valence-corrected chi connectivity index (χ1v) is 22.8. The van der Waals surface area contributed by atoms with Crippen molar-refractivity contribution in [3.8, 4) is 46.0 Å². The monoisotopic (exact) mass is 979 g/mol. The smallest absolute Gasteiger partial charge is 0.409 e. The summed E-state index contributed by atoms with van der Waals surface area (Å²) in [4.78, 5) is 20.4. The lowest BCUT2D eigenvalue weighted by Gasteiger charge is -2.12. The number of hydrogen-bond acceptors (Lipinski definition) is 9. The molecule has 10 rings (SSSR count). The molecule has 0 radical (unpaired) electrons. The number of rotatable bonds is 15. The molecule has 4 heterocycles. The highest BCUT2D eigenvalue weighted by molar-refractivity contribution is 9.10. The van der Waals surface area contributed by atoms with Crippen LogP contribution in [0.5, 0.6) is 23.5 Å². The van der Waals surface area contributed by atoms with Gasteiger partial charge in [-0.2, -0.15) is 20.2 Å². The van der Waals surface area contributed by atoms with Crippen LogP contribution in [0.1, 0.15) is 22.3 Å². The minimum Gasteiger partial charge on any atom is -0.473 e. The van der Waals surface area contributed by atoms with Crippen molar-refractivity contribution in [1.29, 1.82) is 0 Å². The summed E-state index contributed by atoms with van der Waals surface area (Å²) in [6, 6.07) is 58.8. The van der Waals surface area contributed by atoms with E-state index in [1.54, 1.807) is 22.9 Å². The molecular formula is C55H46BrN7O6. The van der Waals surface area contributed by atoms with E-state index in [2.05, 4.69) is 38.4 Å². The highest BCUT2D eigenvalue weighted by Crippen LogP contribution is 2.38. The van der Waals surface area contributed by atoms with E-state index in [4.69, 9.17) is 39.2 Å². The van der Waals surface area contributed by atoms with E-state index in [-0.39, 0.29) is 0 Å². The van der Waals surface area contributed by atoms with Crippen molar-refractivity contribution in [1.82, 2.24) is 29.5 Å². The second kappa shape index (κ2) is 21.4. The van der Waals surface area contributed by atoms with Crippen LogP contribution in [0.2, 0.25) is 0 Å². The molecule has 13 nitrogen and oxygen atoms in total. The number of halogens is 1. The molecule has 14 heteroatoms. The molecule has 0 fully saturated rings. The Kier molecular flexibility index (Phi) is 14.2. The van der Waals surface area contributed by atoms with Crippen LogP contribution in [0, 0.1) is 0 Å². The molecule has 4 aromatic heterocycles. The van der Waals surface area contributed by atoms with E-state index in [1.165, 1.54) is 0 Å². The summed E-state index contributed by atoms with van der Waals surface area (Å²) in [5, 5.41) is 22.8. The van der Waals surface area contributed by atoms with Crippen LogP contribution in [0.3, 0.4) is 0 Å². The van der Waals surface area contributed by atoms with Gasteiger partial charge in [-0.25, -0.2) is 4.79 Å². The fourth-order valence-electron chi connectivity index (χ4n) is 7.59. The maximum absolute atomic E-state index is 11.1. The lowest BCUT2D eigenvalue weighted by Crippen LogP contribution is -2.06. The van der Waals surface area contributed by atoms with Gasteiger partial charge in [0.15, 0.2) is 0 Å². The number of anilines is 1. The van der Waals surface area contributed by atoms with E-state index in [9.17, 15) is 4.79 Å². The first-order chi connectivity index (χ1) is 33.7. The van der Waals surface area contributed by atoms with Crippen molar-refractivity contribution in [3.63, 3.8) is 0 Å². The molecule has 6 aromatic carbocycles. The van der Waals surface area contributed by atoms with Crippen molar-refractivity contribution >= 4 is 49.5 Å².